The molecular formula is C16H24BrClN2O3. The summed E-state index contributed by atoms with van der Waals surface area (Å²) in [6.07, 6.45) is 1.61. The Kier molecular flexibility index (Phi) is 8.91. The van der Waals surface area contributed by atoms with E-state index in [2.05, 4.69) is 26.6 Å². The molecule has 0 spiro atoms. The zero-order chi connectivity index (χ0) is 15.8. The Morgan fingerprint density at radius 2 is 1.96 bits per heavy atom. The highest BCUT2D eigenvalue weighted by atomic mass is 79.9. The average Bonchev–Trinajstić information content (AvgIpc) is 2.54. The maximum Gasteiger partial charge on any atom is 0.228 e. The van der Waals surface area contributed by atoms with E-state index in [-0.39, 0.29) is 18.3 Å². The smallest absolute Gasteiger partial charge is 0.228 e. The third-order valence-corrected chi connectivity index (χ3v) is 4.46. The molecule has 1 heterocycles. The Bertz CT molecular complexity index is 473. The van der Waals surface area contributed by atoms with Crippen LogP contribution in [-0.2, 0) is 9.53 Å². The number of piperidine rings is 1. The van der Waals surface area contributed by atoms with Crippen LogP contribution < -0.4 is 15.4 Å². The van der Waals surface area contributed by atoms with Gasteiger partial charge in [0, 0.05) is 11.6 Å². The number of hydrogen-bond acceptors (Lipinski definition) is 4. The van der Waals surface area contributed by atoms with Gasteiger partial charge in [-0.3, -0.25) is 4.79 Å². The Hall–Kier alpha value is -0.820. The van der Waals surface area contributed by atoms with Gasteiger partial charge in [-0.2, -0.15) is 0 Å². The summed E-state index contributed by atoms with van der Waals surface area (Å²) in [4.78, 5) is 12.5. The molecule has 1 aromatic carbocycles. The number of nitrogens with one attached hydrogen (secondary N) is 2. The molecule has 1 aliphatic rings. The van der Waals surface area contributed by atoms with Crippen molar-refractivity contribution in [2.24, 2.45) is 5.41 Å². The number of benzene rings is 1. The van der Waals surface area contributed by atoms with E-state index in [9.17, 15) is 4.79 Å². The zero-order valence-corrected chi connectivity index (χ0v) is 15.7. The summed E-state index contributed by atoms with van der Waals surface area (Å²) >= 11 is 3.38. The molecule has 0 atom stereocenters. The van der Waals surface area contributed by atoms with Crippen LogP contribution in [0.15, 0.2) is 28.7 Å². The highest BCUT2D eigenvalue weighted by molar-refractivity contribution is 9.10. The summed E-state index contributed by atoms with van der Waals surface area (Å²) < 4.78 is 11.9. The first-order valence-electron chi connectivity index (χ1n) is 7.53. The fraction of sp³-hybridized carbons (Fsp3) is 0.562. The molecule has 0 saturated carbocycles. The summed E-state index contributed by atoms with van der Waals surface area (Å²) in [6.45, 7) is 3.12. The van der Waals surface area contributed by atoms with Gasteiger partial charge in [0.1, 0.15) is 12.4 Å². The van der Waals surface area contributed by atoms with Crippen LogP contribution in [0.3, 0.4) is 0 Å². The summed E-state index contributed by atoms with van der Waals surface area (Å²) in [7, 11) is 1.65. The molecule has 0 radical (unpaired) electrons. The predicted molar refractivity (Wildman–Crippen MR) is 96.3 cm³/mol. The molecule has 7 heteroatoms. The van der Waals surface area contributed by atoms with Gasteiger partial charge in [0.25, 0.3) is 0 Å². The van der Waals surface area contributed by atoms with Crippen molar-refractivity contribution < 1.29 is 14.3 Å². The highest BCUT2D eigenvalue weighted by Gasteiger charge is 2.39. The van der Waals surface area contributed by atoms with Gasteiger partial charge in [-0.05, 0) is 50.2 Å². The third-order valence-electron chi connectivity index (χ3n) is 3.93. The SMILES string of the molecule is COCC1(C(=O)NCCOc2ccc(Br)cc2)CCNCC1.Cl. The summed E-state index contributed by atoms with van der Waals surface area (Å²) in [5, 5.41) is 6.26. The minimum absolute atomic E-state index is 0. The Morgan fingerprint density at radius 1 is 1.30 bits per heavy atom. The number of rotatable bonds is 7. The van der Waals surface area contributed by atoms with Gasteiger partial charge in [-0.15, -0.1) is 12.4 Å². The van der Waals surface area contributed by atoms with Crippen molar-refractivity contribution in [2.75, 3.05) is 40.0 Å². The first-order valence-corrected chi connectivity index (χ1v) is 8.32. The zero-order valence-electron chi connectivity index (χ0n) is 13.3. The van der Waals surface area contributed by atoms with E-state index in [0.29, 0.717) is 19.8 Å². The van der Waals surface area contributed by atoms with Gasteiger partial charge in [0.2, 0.25) is 5.91 Å². The molecule has 1 amide bonds. The van der Waals surface area contributed by atoms with Gasteiger partial charge in [0.15, 0.2) is 0 Å². The second-order valence-electron chi connectivity index (χ2n) is 5.52. The molecule has 130 valence electrons. The van der Waals surface area contributed by atoms with E-state index in [1.54, 1.807) is 7.11 Å². The highest BCUT2D eigenvalue weighted by Crippen LogP contribution is 2.29. The number of methoxy groups -OCH3 is 1. The number of amides is 1. The van der Waals surface area contributed by atoms with Crippen molar-refractivity contribution in [3.8, 4) is 5.75 Å². The van der Waals surface area contributed by atoms with Crippen molar-refractivity contribution in [2.45, 2.75) is 12.8 Å². The van der Waals surface area contributed by atoms with Crippen LogP contribution in [0.1, 0.15) is 12.8 Å². The molecule has 23 heavy (non-hydrogen) atoms. The Morgan fingerprint density at radius 3 is 2.57 bits per heavy atom. The predicted octanol–water partition coefficient (Wildman–Crippen LogP) is 2.38. The van der Waals surface area contributed by atoms with Crippen molar-refractivity contribution in [1.82, 2.24) is 10.6 Å². The maximum atomic E-state index is 12.5. The molecule has 0 aliphatic carbocycles. The van der Waals surface area contributed by atoms with E-state index >= 15 is 0 Å². The van der Waals surface area contributed by atoms with Crippen molar-refractivity contribution in [3.05, 3.63) is 28.7 Å². The molecule has 0 aromatic heterocycles. The van der Waals surface area contributed by atoms with Gasteiger partial charge < -0.3 is 20.1 Å². The number of carbonyl (C=O) groups is 1. The van der Waals surface area contributed by atoms with Crippen molar-refractivity contribution in [3.63, 3.8) is 0 Å². The fourth-order valence-corrected chi connectivity index (χ4v) is 2.93. The molecule has 5 nitrogen and oxygen atoms in total. The van der Waals surface area contributed by atoms with E-state index in [0.717, 1.165) is 36.2 Å². The Balaban J connectivity index is 0.00000264. The van der Waals surface area contributed by atoms with Crippen molar-refractivity contribution in [1.29, 1.82) is 0 Å². The molecular weight excluding hydrogens is 384 g/mol. The molecule has 1 fully saturated rings. The van der Waals surface area contributed by atoms with Gasteiger partial charge in [-0.25, -0.2) is 0 Å². The molecule has 0 bridgehead atoms. The monoisotopic (exact) mass is 406 g/mol. The summed E-state index contributed by atoms with van der Waals surface area (Å²) in [5.41, 5.74) is -0.405. The second-order valence-corrected chi connectivity index (χ2v) is 6.44. The van der Waals surface area contributed by atoms with E-state index in [1.165, 1.54) is 0 Å². The summed E-state index contributed by atoms with van der Waals surface area (Å²) in [5.74, 6) is 0.862. The maximum absolute atomic E-state index is 12.5. The van der Waals surface area contributed by atoms with Gasteiger partial charge in [-0.1, -0.05) is 15.9 Å². The second kappa shape index (κ2) is 10.1. The van der Waals surface area contributed by atoms with E-state index in [4.69, 9.17) is 9.47 Å². The molecule has 1 saturated heterocycles. The van der Waals surface area contributed by atoms with Crippen LogP contribution in [-0.4, -0.2) is 45.9 Å². The van der Waals surface area contributed by atoms with Crippen LogP contribution in [0, 0.1) is 5.41 Å². The minimum atomic E-state index is -0.405. The quantitative estimate of drug-likeness (QED) is 0.681. The molecule has 2 rings (SSSR count). The standard InChI is InChI=1S/C16H23BrN2O3.ClH/c1-21-12-16(6-8-18-9-7-16)15(20)19-10-11-22-14-4-2-13(17)3-5-14;/h2-5,18H,6-12H2,1H3,(H,19,20);1H. The lowest BCUT2D eigenvalue weighted by Crippen LogP contribution is -2.50. The van der Waals surface area contributed by atoms with E-state index < -0.39 is 5.41 Å². The first-order chi connectivity index (χ1) is 10.7. The van der Waals surface area contributed by atoms with Crippen LogP contribution in [0.25, 0.3) is 0 Å². The lowest BCUT2D eigenvalue weighted by atomic mass is 9.78. The van der Waals surface area contributed by atoms with E-state index in [1.807, 2.05) is 24.3 Å². The molecule has 1 aliphatic heterocycles. The fourth-order valence-electron chi connectivity index (χ4n) is 2.67. The van der Waals surface area contributed by atoms with Gasteiger partial charge in [0.05, 0.1) is 18.6 Å². The van der Waals surface area contributed by atoms with Crippen molar-refractivity contribution >= 4 is 34.2 Å². The largest absolute Gasteiger partial charge is 0.492 e. The summed E-state index contributed by atoms with van der Waals surface area (Å²) in [6, 6.07) is 7.64. The number of ether oxygens (including phenoxy) is 2. The lowest BCUT2D eigenvalue weighted by molar-refractivity contribution is -0.136. The van der Waals surface area contributed by atoms with Crippen LogP contribution in [0.5, 0.6) is 5.75 Å². The number of halogens is 2. The van der Waals surface area contributed by atoms with Crippen LogP contribution in [0.2, 0.25) is 0 Å². The normalized spacial score (nSPS) is 16.3. The lowest BCUT2D eigenvalue weighted by Gasteiger charge is -2.35. The molecule has 1 aromatic rings. The topological polar surface area (TPSA) is 59.6 Å². The number of hydrogen-bond donors (Lipinski definition) is 2. The number of carbonyl (C=O) groups excluding carboxylic acids is 1. The van der Waals surface area contributed by atoms with Gasteiger partial charge >= 0.3 is 0 Å². The Labute approximate surface area is 152 Å². The molecule has 0 unspecified atom stereocenters. The molecule has 2 N–H and O–H groups in total. The third kappa shape index (κ3) is 5.95. The van der Waals surface area contributed by atoms with Crippen LogP contribution in [0.4, 0.5) is 0 Å². The average molecular weight is 408 g/mol. The van der Waals surface area contributed by atoms with Crippen LogP contribution >= 0.6 is 28.3 Å². The first kappa shape index (κ1) is 20.2. The minimum Gasteiger partial charge on any atom is -0.492 e.